The fourth-order valence-corrected chi connectivity index (χ4v) is 2.10. The molecule has 1 aliphatic rings. The van der Waals surface area contributed by atoms with Crippen molar-refractivity contribution in [2.24, 2.45) is 11.8 Å². The number of amides is 1. The quantitative estimate of drug-likeness (QED) is 0.875. The molecule has 1 amide bonds. The molecule has 1 atom stereocenters. The van der Waals surface area contributed by atoms with Gasteiger partial charge >= 0.3 is 6.36 Å². The van der Waals surface area contributed by atoms with E-state index in [0.717, 1.165) is 13.1 Å². The zero-order valence-electron chi connectivity index (χ0n) is 11.5. The first-order valence-corrected chi connectivity index (χ1v) is 6.69. The van der Waals surface area contributed by atoms with Gasteiger partial charge in [0.05, 0.1) is 0 Å². The molecule has 1 fully saturated rings. The Kier molecular flexibility index (Phi) is 4.72. The van der Waals surface area contributed by atoms with Crippen LogP contribution in [0.1, 0.15) is 12.5 Å². The normalized spacial score (nSPS) is 17.0. The van der Waals surface area contributed by atoms with Crippen molar-refractivity contribution in [2.75, 3.05) is 13.1 Å². The van der Waals surface area contributed by atoms with Crippen LogP contribution < -0.4 is 15.4 Å². The zero-order chi connectivity index (χ0) is 15.5. The van der Waals surface area contributed by atoms with E-state index in [0.29, 0.717) is 5.56 Å². The standard InChI is InChI=1S/C14H17F3N2O2/c1-9(11-6-18-7-11)13(20)19-8-10-4-2-3-5-12(10)21-14(15,16)17/h2-5,9,11,18H,6-8H2,1H3,(H,19,20). The van der Waals surface area contributed by atoms with Crippen molar-refractivity contribution in [1.29, 1.82) is 0 Å². The largest absolute Gasteiger partial charge is 0.573 e. The Hall–Kier alpha value is -1.76. The van der Waals surface area contributed by atoms with Crippen LogP contribution in [0.25, 0.3) is 0 Å². The number of benzene rings is 1. The van der Waals surface area contributed by atoms with Gasteiger partial charge in [-0.25, -0.2) is 0 Å². The fraction of sp³-hybridized carbons (Fsp3) is 0.500. The average molecular weight is 302 g/mol. The Balaban J connectivity index is 1.94. The maximum atomic E-state index is 12.3. The van der Waals surface area contributed by atoms with E-state index >= 15 is 0 Å². The summed E-state index contributed by atoms with van der Waals surface area (Å²) < 4.78 is 40.8. The molecule has 0 bridgehead atoms. The van der Waals surface area contributed by atoms with Gasteiger partial charge in [-0.05, 0) is 25.1 Å². The first kappa shape index (κ1) is 15.6. The van der Waals surface area contributed by atoms with Gasteiger partial charge in [-0.1, -0.05) is 25.1 Å². The summed E-state index contributed by atoms with van der Waals surface area (Å²) in [6.45, 7) is 3.42. The predicted octanol–water partition coefficient (Wildman–Crippen LogP) is 2.06. The number of alkyl halides is 3. The van der Waals surface area contributed by atoms with Crippen LogP contribution in [0.15, 0.2) is 24.3 Å². The van der Waals surface area contributed by atoms with Crippen molar-refractivity contribution in [1.82, 2.24) is 10.6 Å². The van der Waals surface area contributed by atoms with Crippen molar-refractivity contribution in [2.45, 2.75) is 19.8 Å². The van der Waals surface area contributed by atoms with Crippen LogP contribution in [0.2, 0.25) is 0 Å². The summed E-state index contributed by atoms with van der Waals surface area (Å²) in [7, 11) is 0. The van der Waals surface area contributed by atoms with Gasteiger partial charge in [-0.3, -0.25) is 4.79 Å². The molecule has 1 unspecified atom stereocenters. The van der Waals surface area contributed by atoms with Crippen LogP contribution in [-0.4, -0.2) is 25.4 Å². The Morgan fingerprint density at radius 2 is 2.10 bits per heavy atom. The minimum atomic E-state index is -4.75. The Labute approximate surface area is 120 Å². The molecular weight excluding hydrogens is 285 g/mol. The smallest absolute Gasteiger partial charge is 0.405 e. The molecule has 0 aliphatic carbocycles. The van der Waals surface area contributed by atoms with Crippen LogP contribution >= 0.6 is 0 Å². The molecule has 116 valence electrons. The predicted molar refractivity (Wildman–Crippen MR) is 70.5 cm³/mol. The highest BCUT2D eigenvalue weighted by molar-refractivity contribution is 5.78. The number of hydrogen-bond donors (Lipinski definition) is 2. The van der Waals surface area contributed by atoms with E-state index in [1.807, 2.05) is 6.92 Å². The molecular formula is C14H17F3N2O2. The summed E-state index contributed by atoms with van der Waals surface area (Å²) >= 11 is 0. The lowest BCUT2D eigenvalue weighted by Crippen LogP contribution is -2.49. The van der Waals surface area contributed by atoms with E-state index in [-0.39, 0.29) is 30.0 Å². The second kappa shape index (κ2) is 6.34. The third-order valence-electron chi connectivity index (χ3n) is 3.59. The number of nitrogens with one attached hydrogen (secondary N) is 2. The summed E-state index contributed by atoms with van der Waals surface area (Å²) in [6.07, 6.45) is -4.75. The highest BCUT2D eigenvalue weighted by atomic mass is 19.4. The molecule has 7 heteroatoms. The SMILES string of the molecule is CC(C(=O)NCc1ccccc1OC(F)(F)F)C1CNC1. The van der Waals surface area contributed by atoms with Crippen LogP contribution in [0.5, 0.6) is 5.75 Å². The van der Waals surface area contributed by atoms with Gasteiger partial charge in [0.25, 0.3) is 0 Å². The molecule has 2 N–H and O–H groups in total. The highest BCUT2D eigenvalue weighted by Gasteiger charge is 2.32. The molecule has 1 aromatic carbocycles. The van der Waals surface area contributed by atoms with Crippen LogP contribution in [0, 0.1) is 11.8 Å². The molecule has 21 heavy (non-hydrogen) atoms. The minimum absolute atomic E-state index is 0.00950. The molecule has 0 saturated carbocycles. The minimum Gasteiger partial charge on any atom is -0.405 e. The van der Waals surface area contributed by atoms with E-state index in [4.69, 9.17) is 0 Å². The van der Waals surface area contributed by atoms with E-state index < -0.39 is 6.36 Å². The molecule has 1 heterocycles. The number of hydrogen-bond acceptors (Lipinski definition) is 3. The molecule has 0 spiro atoms. The molecule has 0 aromatic heterocycles. The molecule has 0 radical (unpaired) electrons. The fourth-order valence-electron chi connectivity index (χ4n) is 2.10. The molecule has 1 aliphatic heterocycles. The van der Waals surface area contributed by atoms with Gasteiger partial charge in [0, 0.05) is 18.0 Å². The monoisotopic (exact) mass is 302 g/mol. The summed E-state index contributed by atoms with van der Waals surface area (Å²) in [5.41, 5.74) is 0.294. The van der Waals surface area contributed by atoms with Crippen molar-refractivity contribution in [3.05, 3.63) is 29.8 Å². The second-order valence-corrected chi connectivity index (χ2v) is 5.08. The summed E-state index contributed by atoms with van der Waals surface area (Å²) in [4.78, 5) is 11.9. The van der Waals surface area contributed by atoms with Crippen LogP contribution in [0.3, 0.4) is 0 Å². The lowest BCUT2D eigenvalue weighted by molar-refractivity contribution is -0.274. The maximum absolute atomic E-state index is 12.3. The second-order valence-electron chi connectivity index (χ2n) is 5.08. The van der Waals surface area contributed by atoms with Gasteiger partial charge in [-0.2, -0.15) is 0 Å². The van der Waals surface area contributed by atoms with Crippen LogP contribution in [-0.2, 0) is 11.3 Å². The first-order valence-electron chi connectivity index (χ1n) is 6.69. The third-order valence-corrected chi connectivity index (χ3v) is 3.59. The molecule has 1 saturated heterocycles. The van der Waals surface area contributed by atoms with Crippen LogP contribution in [0.4, 0.5) is 13.2 Å². The van der Waals surface area contributed by atoms with Crippen molar-refractivity contribution in [3.63, 3.8) is 0 Å². The summed E-state index contributed by atoms with van der Waals surface area (Å²) in [5.74, 6) is -0.333. The number of ether oxygens (including phenoxy) is 1. The number of carbonyl (C=O) groups is 1. The average Bonchev–Trinajstić information content (AvgIpc) is 2.33. The van der Waals surface area contributed by atoms with E-state index in [9.17, 15) is 18.0 Å². The Morgan fingerprint density at radius 1 is 1.43 bits per heavy atom. The molecule has 2 rings (SSSR count). The van der Waals surface area contributed by atoms with Gasteiger partial charge in [0.15, 0.2) is 0 Å². The van der Waals surface area contributed by atoms with E-state index in [1.165, 1.54) is 18.2 Å². The molecule has 1 aromatic rings. The maximum Gasteiger partial charge on any atom is 0.573 e. The third kappa shape index (κ3) is 4.35. The lowest BCUT2D eigenvalue weighted by Gasteiger charge is -2.31. The van der Waals surface area contributed by atoms with E-state index in [1.54, 1.807) is 6.07 Å². The highest BCUT2D eigenvalue weighted by Crippen LogP contribution is 2.26. The number of halogens is 3. The van der Waals surface area contributed by atoms with Gasteiger partial charge in [-0.15, -0.1) is 13.2 Å². The topological polar surface area (TPSA) is 50.4 Å². The zero-order valence-corrected chi connectivity index (χ0v) is 11.5. The Bertz CT molecular complexity index is 501. The van der Waals surface area contributed by atoms with Crippen molar-refractivity contribution in [3.8, 4) is 5.75 Å². The number of carbonyl (C=O) groups excluding carboxylic acids is 1. The number of rotatable bonds is 5. The van der Waals surface area contributed by atoms with E-state index in [2.05, 4.69) is 15.4 Å². The summed E-state index contributed by atoms with van der Waals surface area (Å²) in [5, 5.41) is 5.74. The lowest BCUT2D eigenvalue weighted by atomic mass is 9.88. The van der Waals surface area contributed by atoms with Gasteiger partial charge < -0.3 is 15.4 Å². The van der Waals surface area contributed by atoms with Crippen molar-refractivity contribution < 1.29 is 22.7 Å². The van der Waals surface area contributed by atoms with Gasteiger partial charge in [0.1, 0.15) is 5.75 Å². The molecule has 4 nitrogen and oxygen atoms in total. The summed E-state index contributed by atoms with van der Waals surface area (Å²) in [6, 6.07) is 5.78. The number of para-hydroxylation sites is 1. The van der Waals surface area contributed by atoms with Gasteiger partial charge in [0.2, 0.25) is 5.91 Å². The Morgan fingerprint density at radius 3 is 2.67 bits per heavy atom. The van der Waals surface area contributed by atoms with Crippen molar-refractivity contribution >= 4 is 5.91 Å². The first-order chi connectivity index (χ1) is 9.87.